The van der Waals surface area contributed by atoms with Crippen LogP contribution in [0, 0.1) is 6.92 Å². The third kappa shape index (κ3) is 4.49. The van der Waals surface area contributed by atoms with E-state index < -0.39 is 0 Å². The molecule has 0 amide bonds. The fourth-order valence-electron chi connectivity index (χ4n) is 0.779. The van der Waals surface area contributed by atoms with Crippen LogP contribution in [0.25, 0.3) is 0 Å². The second kappa shape index (κ2) is 6.06. The van der Waals surface area contributed by atoms with Gasteiger partial charge < -0.3 is 0 Å². The first kappa shape index (κ1) is 11.6. The first-order valence-electron chi connectivity index (χ1n) is 3.85. The van der Waals surface area contributed by atoms with Gasteiger partial charge in [0.25, 0.3) is 0 Å². The number of rotatable bonds is 3. The predicted octanol–water partition coefficient (Wildman–Crippen LogP) is 2.27. The molecule has 0 aliphatic heterocycles. The maximum atomic E-state index is 3.55. The molecule has 0 aromatic heterocycles. The van der Waals surface area contributed by atoms with E-state index in [-0.39, 0.29) is 0 Å². The Balaban J connectivity index is 2.60. The van der Waals surface area contributed by atoms with E-state index in [9.17, 15) is 0 Å². The number of hydrogen-bond donors (Lipinski definition) is 0. The maximum absolute atomic E-state index is 3.55. The van der Waals surface area contributed by atoms with E-state index in [1.807, 2.05) is 0 Å². The quantitative estimate of drug-likeness (QED) is 0.718. The van der Waals surface area contributed by atoms with Gasteiger partial charge in [0.1, 0.15) is 0 Å². The molecule has 70 valence electrons. The summed E-state index contributed by atoms with van der Waals surface area (Å²) in [4.78, 5) is 2.32. The van der Waals surface area contributed by atoms with E-state index in [1.165, 1.54) is 13.4 Å². The Morgan fingerprint density at radius 2 is 1.92 bits per heavy atom. The van der Waals surface area contributed by atoms with E-state index >= 15 is 0 Å². The van der Waals surface area contributed by atoms with Crippen LogP contribution in [0.2, 0.25) is 5.82 Å². The Hall–Kier alpha value is 0.479. The zero-order valence-electron chi connectivity index (χ0n) is 7.58. The van der Waals surface area contributed by atoms with Gasteiger partial charge in [-0.25, -0.2) is 0 Å². The predicted molar refractivity (Wildman–Crippen MR) is 65.2 cm³/mol. The van der Waals surface area contributed by atoms with E-state index in [2.05, 4.69) is 57.9 Å². The van der Waals surface area contributed by atoms with Gasteiger partial charge in [0.15, 0.2) is 0 Å². The molecule has 0 unspecified atom stereocenters. The first-order valence-corrected chi connectivity index (χ1v) is 9.06. The summed E-state index contributed by atoms with van der Waals surface area (Å²) in [5.41, 5.74) is 1.34. The molecule has 0 saturated heterocycles. The van der Waals surface area contributed by atoms with Crippen molar-refractivity contribution in [1.82, 2.24) is 0 Å². The van der Waals surface area contributed by atoms with Crippen LogP contribution in [-0.4, -0.2) is 29.9 Å². The van der Waals surface area contributed by atoms with Gasteiger partial charge in [-0.05, 0) is 0 Å². The first-order chi connectivity index (χ1) is 6.22. The molecule has 1 aromatic rings. The molecule has 0 atom stereocenters. The summed E-state index contributed by atoms with van der Waals surface area (Å²) in [6.45, 7) is 2.12. The Bertz CT molecular complexity index is 290. The number of benzene rings is 1. The van der Waals surface area contributed by atoms with Crippen molar-refractivity contribution in [3.8, 4) is 0 Å². The molecule has 0 heterocycles. The van der Waals surface area contributed by atoms with E-state index in [0.29, 0.717) is 29.9 Å². The van der Waals surface area contributed by atoms with Gasteiger partial charge >= 0.3 is 101 Å². The average molecular weight is 369 g/mol. The molecule has 0 bridgehead atoms. The third-order valence-electron chi connectivity index (χ3n) is 1.50. The molecule has 0 spiro atoms. The van der Waals surface area contributed by atoms with E-state index in [0.717, 1.165) is 0 Å². The van der Waals surface area contributed by atoms with Crippen LogP contribution in [0.4, 0.5) is 0 Å². The van der Waals surface area contributed by atoms with Crippen molar-refractivity contribution >= 4 is 50.3 Å². The van der Waals surface area contributed by atoms with Gasteiger partial charge in [-0.2, -0.15) is 0 Å². The zero-order chi connectivity index (χ0) is 9.68. The normalized spacial score (nSPS) is 11.8. The standard InChI is InChI=1S/C10H11BrSe2/c1-8-3-5-9(6-4-8)13-7-10(11)12-2/h3-7H,1-2H3/b10-7-. The summed E-state index contributed by atoms with van der Waals surface area (Å²) in [6, 6.07) is 8.79. The van der Waals surface area contributed by atoms with Crippen molar-refractivity contribution in [3.05, 3.63) is 38.2 Å². The van der Waals surface area contributed by atoms with Crippen molar-refractivity contribution < 1.29 is 0 Å². The monoisotopic (exact) mass is 370 g/mol. The van der Waals surface area contributed by atoms with Gasteiger partial charge in [-0.15, -0.1) is 0 Å². The second-order valence-electron chi connectivity index (χ2n) is 2.56. The van der Waals surface area contributed by atoms with Crippen molar-refractivity contribution in [2.24, 2.45) is 0 Å². The van der Waals surface area contributed by atoms with Crippen LogP contribution in [0.3, 0.4) is 0 Å². The summed E-state index contributed by atoms with van der Waals surface area (Å²) in [7, 11) is 0. The number of halogens is 1. The molecular weight excluding hydrogens is 358 g/mol. The Kier molecular flexibility index (Phi) is 5.38. The fourth-order valence-corrected chi connectivity index (χ4v) is 4.14. The third-order valence-corrected chi connectivity index (χ3v) is 7.80. The molecule has 0 nitrogen and oxygen atoms in total. The Morgan fingerprint density at radius 1 is 1.31 bits per heavy atom. The molecular formula is C10H11BrSe2. The molecule has 1 rings (SSSR count). The second-order valence-corrected chi connectivity index (χ2v) is 8.35. The Morgan fingerprint density at radius 3 is 2.46 bits per heavy atom. The van der Waals surface area contributed by atoms with E-state index in [1.54, 1.807) is 0 Å². The van der Waals surface area contributed by atoms with Crippen molar-refractivity contribution in [3.63, 3.8) is 0 Å². The summed E-state index contributed by atoms with van der Waals surface area (Å²) in [5, 5.41) is 0. The van der Waals surface area contributed by atoms with Crippen LogP contribution in [0.1, 0.15) is 5.56 Å². The van der Waals surface area contributed by atoms with Gasteiger partial charge in [0.2, 0.25) is 0 Å². The molecule has 13 heavy (non-hydrogen) atoms. The molecule has 0 aliphatic rings. The molecule has 3 heteroatoms. The van der Waals surface area contributed by atoms with Crippen molar-refractivity contribution in [2.75, 3.05) is 0 Å². The minimum absolute atomic E-state index is 0.490. The number of aryl methyl sites for hydroxylation is 1. The molecule has 0 saturated carbocycles. The average Bonchev–Trinajstić information content (AvgIpc) is 2.16. The molecule has 0 fully saturated rings. The zero-order valence-corrected chi connectivity index (χ0v) is 12.6. The van der Waals surface area contributed by atoms with Crippen LogP contribution >= 0.6 is 15.9 Å². The SMILES string of the molecule is C[Se]/C(Br)=C\[Se]c1ccc(C)cc1. The molecule has 1 aromatic carbocycles. The topological polar surface area (TPSA) is 0 Å². The van der Waals surface area contributed by atoms with Crippen LogP contribution in [0.15, 0.2) is 32.6 Å². The van der Waals surface area contributed by atoms with Gasteiger partial charge in [0.05, 0.1) is 0 Å². The molecule has 0 N–H and O–H groups in total. The van der Waals surface area contributed by atoms with Crippen molar-refractivity contribution in [2.45, 2.75) is 12.7 Å². The fraction of sp³-hybridized carbons (Fsp3) is 0.200. The summed E-state index contributed by atoms with van der Waals surface area (Å²) < 4.78 is 2.82. The van der Waals surface area contributed by atoms with E-state index in [4.69, 9.17) is 0 Å². The molecule has 0 radical (unpaired) electrons. The van der Waals surface area contributed by atoms with Crippen LogP contribution in [0.5, 0.6) is 0 Å². The number of hydrogen-bond acceptors (Lipinski definition) is 0. The molecule has 0 aliphatic carbocycles. The van der Waals surface area contributed by atoms with Crippen molar-refractivity contribution in [1.29, 1.82) is 0 Å². The summed E-state index contributed by atoms with van der Waals surface area (Å²) in [6.07, 6.45) is 0. The van der Waals surface area contributed by atoms with Crippen LogP contribution < -0.4 is 4.46 Å². The van der Waals surface area contributed by atoms with Crippen LogP contribution in [-0.2, 0) is 0 Å². The van der Waals surface area contributed by atoms with Gasteiger partial charge in [-0.1, -0.05) is 0 Å². The Labute approximate surface area is 101 Å². The van der Waals surface area contributed by atoms with Gasteiger partial charge in [-0.3, -0.25) is 0 Å². The summed E-state index contributed by atoms with van der Waals surface area (Å²) in [5.74, 6) is 2.22. The summed E-state index contributed by atoms with van der Waals surface area (Å²) >= 11 is 4.65. The minimum atomic E-state index is 0.490. The van der Waals surface area contributed by atoms with Gasteiger partial charge in [0, 0.05) is 0 Å².